The number of rotatable bonds is 5. The fraction of sp³-hybridized carbons (Fsp3) is 0.0800. The highest BCUT2D eigenvalue weighted by molar-refractivity contribution is 7.19. The Morgan fingerprint density at radius 3 is 2.41 bits per heavy atom. The third-order valence-corrected chi connectivity index (χ3v) is 6.24. The third-order valence-electron chi connectivity index (χ3n) is 5.26. The Morgan fingerprint density at radius 2 is 1.66 bits per heavy atom. The molecular formula is C25H21N5OS. The fourth-order valence-electron chi connectivity index (χ4n) is 3.60. The van der Waals surface area contributed by atoms with E-state index in [4.69, 9.17) is 10.7 Å². The van der Waals surface area contributed by atoms with Gasteiger partial charge in [-0.2, -0.15) is 0 Å². The number of nitrogens with one attached hydrogen (secondary N) is 1. The van der Waals surface area contributed by atoms with Crippen LogP contribution in [0.15, 0.2) is 83.7 Å². The molecule has 0 radical (unpaired) electrons. The Morgan fingerprint density at radius 1 is 0.938 bits per heavy atom. The summed E-state index contributed by atoms with van der Waals surface area (Å²) >= 11 is 1.37. The molecule has 5 aromatic rings. The number of para-hydroxylation sites is 2. The molecule has 2 aromatic heterocycles. The maximum absolute atomic E-state index is 13.5. The van der Waals surface area contributed by atoms with Crippen LogP contribution in [0.2, 0.25) is 0 Å². The normalized spacial score (nSPS) is 11.0. The van der Waals surface area contributed by atoms with Crippen LogP contribution in [0.1, 0.15) is 12.5 Å². The summed E-state index contributed by atoms with van der Waals surface area (Å²) in [6, 6.07) is 25.1. The molecule has 158 valence electrons. The molecule has 0 bridgehead atoms. The molecule has 0 spiro atoms. The quantitative estimate of drug-likeness (QED) is 0.383. The maximum atomic E-state index is 13.5. The standard InChI is InChI=1S/C25H21N5OS/c1-2-16-12-14-18(15-13-16)30-23(28-20-11-7-6-10-19(20)24(30)31)21-22(26)29-25(32-21)27-17-8-4-3-5-9-17/h3-15H,2,26H2,1H3,(H,27,29). The summed E-state index contributed by atoms with van der Waals surface area (Å²) in [5, 5.41) is 4.47. The van der Waals surface area contributed by atoms with E-state index in [1.807, 2.05) is 72.8 Å². The number of aromatic nitrogens is 3. The van der Waals surface area contributed by atoms with Gasteiger partial charge in [-0.25, -0.2) is 9.97 Å². The molecule has 5 rings (SSSR count). The van der Waals surface area contributed by atoms with E-state index in [1.54, 1.807) is 10.6 Å². The summed E-state index contributed by atoms with van der Waals surface area (Å²) < 4.78 is 1.62. The number of thiazole rings is 1. The van der Waals surface area contributed by atoms with Crippen LogP contribution >= 0.6 is 11.3 Å². The molecule has 2 heterocycles. The predicted octanol–water partition coefficient (Wildman–Crippen LogP) is 5.40. The summed E-state index contributed by atoms with van der Waals surface area (Å²) in [5.41, 5.74) is 9.65. The highest BCUT2D eigenvalue weighted by Crippen LogP contribution is 2.36. The van der Waals surface area contributed by atoms with E-state index in [2.05, 4.69) is 17.2 Å². The highest BCUT2D eigenvalue weighted by Gasteiger charge is 2.20. The number of benzene rings is 3. The van der Waals surface area contributed by atoms with Gasteiger partial charge in [-0.05, 0) is 48.4 Å². The van der Waals surface area contributed by atoms with Crippen molar-refractivity contribution in [3.63, 3.8) is 0 Å². The second-order valence-corrected chi connectivity index (χ2v) is 8.34. The maximum Gasteiger partial charge on any atom is 0.266 e. The molecule has 0 aliphatic carbocycles. The molecule has 32 heavy (non-hydrogen) atoms. The van der Waals surface area contributed by atoms with E-state index in [0.717, 1.165) is 17.8 Å². The molecule has 0 atom stereocenters. The van der Waals surface area contributed by atoms with Gasteiger partial charge in [0.25, 0.3) is 5.56 Å². The van der Waals surface area contributed by atoms with Crippen molar-refractivity contribution in [2.45, 2.75) is 13.3 Å². The molecule has 0 fully saturated rings. The number of nitrogens with two attached hydrogens (primary N) is 1. The van der Waals surface area contributed by atoms with Gasteiger partial charge in [0.15, 0.2) is 11.0 Å². The fourth-order valence-corrected chi connectivity index (χ4v) is 4.48. The first kappa shape index (κ1) is 20.0. The molecule has 0 amide bonds. The van der Waals surface area contributed by atoms with Gasteiger partial charge in [0.05, 0.1) is 16.6 Å². The third kappa shape index (κ3) is 3.63. The second kappa shape index (κ2) is 8.28. The molecule has 0 saturated carbocycles. The van der Waals surface area contributed by atoms with E-state index in [-0.39, 0.29) is 5.56 Å². The van der Waals surface area contributed by atoms with Gasteiger partial charge >= 0.3 is 0 Å². The molecule has 0 unspecified atom stereocenters. The molecule has 3 N–H and O–H groups in total. The van der Waals surface area contributed by atoms with Crippen LogP contribution in [0.4, 0.5) is 16.6 Å². The molecule has 6 nitrogen and oxygen atoms in total. The number of hydrogen-bond acceptors (Lipinski definition) is 6. The van der Waals surface area contributed by atoms with Gasteiger partial charge in [-0.1, -0.05) is 60.7 Å². The minimum Gasteiger partial charge on any atom is -0.382 e. The Labute approximate surface area is 189 Å². The minimum absolute atomic E-state index is 0.139. The molecule has 0 aliphatic rings. The van der Waals surface area contributed by atoms with Crippen LogP contribution in [0, 0.1) is 0 Å². The van der Waals surface area contributed by atoms with Gasteiger partial charge < -0.3 is 11.1 Å². The Kier molecular flexibility index (Phi) is 5.17. The monoisotopic (exact) mass is 439 g/mol. The number of anilines is 3. The Balaban J connectivity index is 1.70. The van der Waals surface area contributed by atoms with E-state index in [0.29, 0.717) is 32.6 Å². The van der Waals surface area contributed by atoms with Crippen LogP contribution < -0.4 is 16.6 Å². The lowest BCUT2D eigenvalue weighted by atomic mass is 10.1. The van der Waals surface area contributed by atoms with Crippen molar-refractivity contribution in [3.8, 4) is 16.4 Å². The molecule has 0 saturated heterocycles. The SMILES string of the molecule is CCc1ccc(-n2c(-c3sc(Nc4ccccc4)nc3N)nc3ccccc3c2=O)cc1. The van der Waals surface area contributed by atoms with Crippen molar-refractivity contribution < 1.29 is 0 Å². The second-order valence-electron chi connectivity index (χ2n) is 7.34. The first-order valence-corrected chi connectivity index (χ1v) is 11.2. The van der Waals surface area contributed by atoms with Crippen molar-refractivity contribution in [3.05, 3.63) is 94.8 Å². The summed E-state index contributed by atoms with van der Waals surface area (Å²) in [7, 11) is 0. The summed E-state index contributed by atoms with van der Waals surface area (Å²) in [5.74, 6) is 0.809. The predicted molar refractivity (Wildman–Crippen MR) is 132 cm³/mol. The van der Waals surface area contributed by atoms with Crippen LogP contribution in [-0.4, -0.2) is 14.5 Å². The Bertz CT molecular complexity index is 1460. The molecule has 7 heteroatoms. The first-order valence-electron chi connectivity index (χ1n) is 10.3. The number of hydrogen-bond donors (Lipinski definition) is 2. The number of aryl methyl sites for hydroxylation is 1. The number of nitrogen functional groups attached to an aromatic ring is 1. The van der Waals surface area contributed by atoms with E-state index in [9.17, 15) is 4.79 Å². The zero-order valence-electron chi connectivity index (χ0n) is 17.4. The molecule has 3 aromatic carbocycles. The van der Waals surface area contributed by atoms with E-state index < -0.39 is 0 Å². The van der Waals surface area contributed by atoms with Gasteiger partial charge in [0.1, 0.15) is 10.7 Å². The van der Waals surface area contributed by atoms with Crippen LogP contribution in [-0.2, 0) is 6.42 Å². The topological polar surface area (TPSA) is 85.8 Å². The van der Waals surface area contributed by atoms with Crippen molar-refractivity contribution in [2.24, 2.45) is 0 Å². The van der Waals surface area contributed by atoms with Crippen LogP contribution in [0.3, 0.4) is 0 Å². The van der Waals surface area contributed by atoms with Crippen molar-refractivity contribution in [1.82, 2.24) is 14.5 Å². The minimum atomic E-state index is -0.139. The van der Waals surface area contributed by atoms with Crippen molar-refractivity contribution in [1.29, 1.82) is 0 Å². The first-order chi connectivity index (χ1) is 15.6. The van der Waals surface area contributed by atoms with E-state index >= 15 is 0 Å². The van der Waals surface area contributed by atoms with Crippen LogP contribution in [0.25, 0.3) is 27.3 Å². The summed E-state index contributed by atoms with van der Waals surface area (Å²) in [6.45, 7) is 2.10. The van der Waals surface area contributed by atoms with Crippen LogP contribution in [0.5, 0.6) is 0 Å². The van der Waals surface area contributed by atoms with E-state index in [1.165, 1.54) is 16.9 Å². The summed E-state index contributed by atoms with van der Waals surface area (Å²) in [6.07, 6.45) is 0.925. The lowest BCUT2D eigenvalue weighted by molar-refractivity contribution is 0.976. The van der Waals surface area contributed by atoms with Gasteiger partial charge in [-0.15, -0.1) is 0 Å². The lowest BCUT2D eigenvalue weighted by Gasteiger charge is -2.13. The zero-order chi connectivity index (χ0) is 22.1. The van der Waals surface area contributed by atoms with Crippen molar-refractivity contribution in [2.75, 3.05) is 11.1 Å². The largest absolute Gasteiger partial charge is 0.382 e. The average Bonchev–Trinajstić information content (AvgIpc) is 3.19. The summed E-state index contributed by atoms with van der Waals surface area (Å²) in [4.78, 5) is 23.5. The average molecular weight is 440 g/mol. The molecule has 0 aliphatic heterocycles. The Hall–Kier alpha value is -3.97. The van der Waals surface area contributed by atoms with Crippen molar-refractivity contribution >= 4 is 38.9 Å². The lowest BCUT2D eigenvalue weighted by Crippen LogP contribution is -2.22. The van der Waals surface area contributed by atoms with Gasteiger partial charge in [-0.3, -0.25) is 9.36 Å². The molecular weight excluding hydrogens is 418 g/mol. The highest BCUT2D eigenvalue weighted by atomic mass is 32.1. The number of fused-ring (bicyclic) bond motifs is 1. The van der Waals surface area contributed by atoms with Gasteiger partial charge in [0.2, 0.25) is 0 Å². The zero-order valence-corrected chi connectivity index (χ0v) is 18.3. The van der Waals surface area contributed by atoms with Gasteiger partial charge in [0, 0.05) is 5.69 Å². The smallest absolute Gasteiger partial charge is 0.266 e. The number of nitrogens with zero attached hydrogens (tertiary/aromatic N) is 3.